The van der Waals surface area contributed by atoms with Crippen molar-refractivity contribution in [2.75, 3.05) is 6.54 Å². The highest BCUT2D eigenvalue weighted by molar-refractivity contribution is 7.92. The summed E-state index contributed by atoms with van der Waals surface area (Å²) in [5, 5.41) is 6.79. The van der Waals surface area contributed by atoms with Crippen molar-refractivity contribution in [3.05, 3.63) is 68.8 Å². The Labute approximate surface area is 212 Å². The van der Waals surface area contributed by atoms with Crippen LogP contribution in [-0.4, -0.2) is 30.8 Å². The van der Waals surface area contributed by atoms with Gasteiger partial charge < -0.3 is 5.32 Å². The highest BCUT2D eigenvalue weighted by atomic mass is 35.5. The third-order valence-electron chi connectivity index (χ3n) is 5.18. The van der Waals surface area contributed by atoms with Gasteiger partial charge in [0.2, 0.25) is 0 Å². The van der Waals surface area contributed by atoms with Crippen LogP contribution < -0.4 is 10.0 Å². The minimum Gasteiger partial charge on any atom is -0.334 e. The number of halogens is 5. The number of hydrogen-bond donors (Lipinski definition) is 2. The van der Waals surface area contributed by atoms with Gasteiger partial charge in [0.05, 0.1) is 28.2 Å². The van der Waals surface area contributed by atoms with Gasteiger partial charge in [0.25, 0.3) is 10.0 Å². The second-order valence-corrected chi connectivity index (χ2v) is 11.5. The molecule has 0 aliphatic heterocycles. The average molecular weight is 565 g/mol. The van der Waals surface area contributed by atoms with Gasteiger partial charge in [0, 0.05) is 6.54 Å². The normalized spacial score (nSPS) is 15.2. The summed E-state index contributed by atoms with van der Waals surface area (Å²) < 4.78 is 67.4. The fourth-order valence-electron chi connectivity index (χ4n) is 3.64. The fraction of sp³-hybridized carbons (Fsp3) is 0.238. The van der Waals surface area contributed by atoms with E-state index in [0.29, 0.717) is 29.9 Å². The van der Waals surface area contributed by atoms with Crippen LogP contribution in [0.1, 0.15) is 29.7 Å². The Bertz CT molecular complexity index is 1400. The number of allylic oxidation sites excluding steroid dienone is 1. The number of aryl methyl sites for hydroxylation is 1. The van der Waals surface area contributed by atoms with Crippen molar-refractivity contribution in [2.45, 2.75) is 29.6 Å². The van der Waals surface area contributed by atoms with Crippen LogP contribution in [0, 0.1) is 0 Å². The minimum absolute atomic E-state index is 0.0180. The van der Waals surface area contributed by atoms with E-state index in [1.165, 1.54) is 16.8 Å². The van der Waals surface area contributed by atoms with Gasteiger partial charge in [-0.25, -0.2) is 22.6 Å². The van der Waals surface area contributed by atoms with Crippen LogP contribution in [0.25, 0.3) is 11.3 Å². The summed E-state index contributed by atoms with van der Waals surface area (Å²) in [6, 6.07) is 5.06. The van der Waals surface area contributed by atoms with Crippen molar-refractivity contribution in [1.82, 2.24) is 19.8 Å². The number of nitrogens with one attached hydrogen (secondary N) is 2. The molecule has 2 heterocycles. The molecule has 0 bridgehead atoms. The number of sulfonamides is 1. The highest BCUT2D eigenvalue weighted by Gasteiger charge is 2.31. The second-order valence-electron chi connectivity index (χ2n) is 7.56. The summed E-state index contributed by atoms with van der Waals surface area (Å²) in [6.07, 6.45) is 0.948. The number of carbonyl (C=O) groups is 1. The van der Waals surface area contributed by atoms with Gasteiger partial charge in [0.1, 0.15) is 8.55 Å². The van der Waals surface area contributed by atoms with E-state index in [4.69, 9.17) is 23.2 Å². The Morgan fingerprint density at radius 3 is 2.69 bits per heavy atom. The van der Waals surface area contributed by atoms with Gasteiger partial charge in [-0.05, 0) is 54.7 Å². The zero-order chi connectivity index (χ0) is 25.4. The van der Waals surface area contributed by atoms with Gasteiger partial charge >= 0.3 is 12.2 Å². The molecule has 2 aromatic heterocycles. The molecule has 1 aromatic carbocycles. The van der Waals surface area contributed by atoms with Crippen LogP contribution in [-0.2, 0) is 22.6 Å². The number of amides is 2. The number of alkyl halides is 3. The molecular formula is C21H17Cl2F3N4O3S2. The first-order chi connectivity index (χ1) is 16.5. The largest absolute Gasteiger partial charge is 0.416 e. The molecule has 2 amide bonds. The SMILES string of the molecule is O=C(NC/C=C1\CCCc2cnn(-c3cccc(C(F)(F)F)c3)c21)NS(=O)(=O)c1cc(Cl)c(Cl)s1. The summed E-state index contributed by atoms with van der Waals surface area (Å²) >= 11 is 12.3. The van der Waals surface area contributed by atoms with Crippen molar-refractivity contribution in [2.24, 2.45) is 0 Å². The summed E-state index contributed by atoms with van der Waals surface area (Å²) in [7, 11) is -4.15. The Morgan fingerprint density at radius 2 is 2.00 bits per heavy atom. The van der Waals surface area contributed by atoms with Crippen molar-refractivity contribution >= 4 is 56.2 Å². The zero-order valence-electron chi connectivity index (χ0n) is 17.7. The first-order valence-corrected chi connectivity index (χ1v) is 13.2. The molecule has 0 atom stereocenters. The number of hydrogen-bond acceptors (Lipinski definition) is 5. The quantitative estimate of drug-likeness (QED) is 0.417. The van der Waals surface area contributed by atoms with Crippen LogP contribution in [0.2, 0.25) is 9.36 Å². The number of fused-ring (bicyclic) bond motifs is 1. The van der Waals surface area contributed by atoms with E-state index >= 15 is 0 Å². The third-order valence-corrected chi connectivity index (χ3v) is 8.86. The predicted octanol–water partition coefficient (Wildman–Crippen LogP) is 5.67. The first kappa shape index (κ1) is 25.5. The topological polar surface area (TPSA) is 93.1 Å². The summed E-state index contributed by atoms with van der Waals surface area (Å²) in [5.74, 6) is 0. The van der Waals surface area contributed by atoms with E-state index in [-0.39, 0.29) is 25.8 Å². The van der Waals surface area contributed by atoms with E-state index in [0.717, 1.165) is 35.8 Å². The molecule has 0 spiro atoms. The van der Waals surface area contributed by atoms with Crippen LogP contribution in [0.3, 0.4) is 0 Å². The molecule has 0 fully saturated rings. The van der Waals surface area contributed by atoms with E-state index in [1.807, 2.05) is 4.72 Å². The lowest BCUT2D eigenvalue weighted by Gasteiger charge is -2.19. The van der Waals surface area contributed by atoms with Crippen LogP contribution in [0.4, 0.5) is 18.0 Å². The number of rotatable bonds is 5. The maximum absolute atomic E-state index is 13.2. The molecule has 35 heavy (non-hydrogen) atoms. The average Bonchev–Trinajstić information content (AvgIpc) is 3.37. The van der Waals surface area contributed by atoms with E-state index in [1.54, 1.807) is 12.3 Å². The molecule has 4 rings (SSSR count). The molecule has 0 saturated carbocycles. The Kier molecular flexibility index (Phi) is 7.18. The van der Waals surface area contributed by atoms with Crippen molar-refractivity contribution < 1.29 is 26.4 Å². The standard InChI is InChI=1S/C21H17Cl2F3N4O3S2/c22-16-10-17(34-19(16)23)35(32,33)29-20(31)27-8-7-12-3-1-4-13-11-28-30(18(12)13)15-6-2-5-14(9-15)21(24,25)26/h2,5-7,9-11H,1,3-4,8H2,(H2,27,29,31)/b12-7+. The van der Waals surface area contributed by atoms with Gasteiger partial charge in [-0.15, -0.1) is 11.3 Å². The number of nitrogens with zero attached hydrogens (tertiary/aromatic N) is 2. The number of urea groups is 1. The molecule has 7 nitrogen and oxygen atoms in total. The Hall–Kier alpha value is -2.54. The minimum atomic E-state index is -4.49. The molecule has 186 valence electrons. The number of carbonyl (C=O) groups excluding carboxylic acids is 1. The number of aromatic nitrogens is 2. The molecule has 0 radical (unpaired) electrons. The van der Waals surface area contributed by atoms with Crippen LogP contribution >= 0.6 is 34.5 Å². The molecule has 1 aliphatic rings. The summed E-state index contributed by atoms with van der Waals surface area (Å²) in [5.41, 5.74) is 1.79. The van der Waals surface area contributed by atoms with E-state index in [9.17, 15) is 26.4 Å². The highest BCUT2D eigenvalue weighted by Crippen LogP contribution is 2.35. The lowest BCUT2D eigenvalue weighted by atomic mass is 9.92. The number of benzene rings is 1. The second kappa shape index (κ2) is 9.84. The molecular weight excluding hydrogens is 548 g/mol. The van der Waals surface area contributed by atoms with E-state index < -0.39 is 27.8 Å². The lowest BCUT2D eigenvalue weighted by Crippen LogP contribution is -2.39. The molecule has 0 unspecified atom stereocenters. The predicted molar refractivity (Wildman–Crippen MR) is 128 cm³/mol. The monoisotopic (exact) mass is 564 g/mol. The molecule has 2 N–H and O–H groups in total. The number of thiophene rings is 1. The molecule has 3 aromatic rings. The maximum atomic E-state index is 13.2. The van der Waals surface area contributed by atoms with Gasteiger partial charge in [-0.3, -0.25) is 0 Å². The molecule has 0 saturated heterocycles. The Morgan fingerprint density at radius 1 is 1.23 bits per heavy atom. The lowest BCUT2D eigenvalue weighted by molar-refractivity contribution is -0.137. The van der Waals surface area contributed by atoms with E-state index in [2.05, 4.69) is 10.4 Å². The van der Waals surface area contributed by atoms with Gasteiger partial charge in [-0.1, -0.05) is 35.3 Å². The first-order valence-electron chi connectivity index (χ1n) is 10.1. The zero-order valence-corrected chi connectivity index (χ0v) is 20.8. The van der Waals surface area contributed by atoms with Gasteiger partial charge in [0.15, 0.2) is 0 Å². The molecule has 14 heteroatoms. The summed E-state index contributed by atoms with van der Waals surface area (Å²) in [6.45, 7) is -0.0180. The Balaban J connectivity index is 1.50. The van der Waals surface area contributed by atoms with Crippen molar-refractivity contribution in [3.63, 3.8) is 0 Å². The van der Waals surface area contributed by atoms with Crippen LogP contribution in [0.5, 0.6) is 0 Å². The molecule has 1 aliphatic carbocycles. The van der Waals surface area contributed by atoms with Crippen LogP contribution in [0.15, 0.2) is 46.8 Å². The maximum Gasteiger partial charge on any atom is 0.416 e. The third kappa shape index (κ3) is 5.66. The van der Waals surface area contributed by atoms with Crippen molar-refractivity contribution in [1.29, 1.82) is 0 Å². The fourth-order valence-corrected chi connectivity index (χ4v) is 6.45. The summed E-state index contributed by atoms with van der Waals surface area (Å²) in [4.78, 5) is 12.2. The van der Waals surface area contributed by atoms with Gasteiger partial charge in [-0.2, -0.15) is 18.3 Å². The smallest absolute Gasteiger partial charge is 0.334 e. The van der Waals surface area contributed by atoms with Crippen molar-refractivity contribution in [3.8, 4) is 5.69 Å².